The molecular weight excluding hydrogens is 697 g/mol. The highest BCUT2D eigenvalue weighted by molar-refractivity contribution is 5.83. The van der Waals surface area contributed by atoms with E-state index in [9.17, 15) is 19.2 Å². The molecule has 0 spiro atoms. The number of rotatable bonds is 6. The quantitative estimate of drug-likeness (QED) is 0.174. The van der Waals surface area contributed by atoms with Crippen molar-refractivity contribution in [2.24, 2.45) is 28.2 Å². The predicted molar refractivity (Wildman–Crippen MR) is 221 cm³/mol. The van der Waals surface area contributed by atoms with Gasteiger partial charge in [0.1, 0.15) is 22.3 Å². The van der Waals surface area contributed by atoms with Crippen LogP contribution in [0.1, 0.15) is 33.4 Å². The minimum Gasteiger partial charge on any atom is -0.283 e. The summed E-state index contributed by atoms with van der Waals surface area (Å²) in [5.41, 5.74) is 7.34. The number of benzene rings is 1. The lowest BCUT2D eigenvalue weighted by atomic mass is 9.79. The molecule has 4 aliphatic carbocycles. The van der Waals surface area contributed by atoms with Crippen molar-refractivity contribution in [3.05, 3.63) is 232 Å². The van der Waals surface area contributed by atoms with Gasteiger partial charge in [0.25, 0.3) is 0 Å². The van der Waals surface area contributed by atoms with Crippen molar-refractivity contribution in [3.63, 3.8) is 0 Å². The minimum absolute atomic E-state index is 0.251. The maximum Gasteiger partial charge on any atom is 0.307 e. The first-order valence-electron chi connectivity index (χ1n) is 18.4. The molecule has 8 nitrogen and oxygen atoms in total. The molecule has 0 saturated carbocycles. The Morgan fingerprint density at radius 1 is 0.321 bits per heavy atom. The van der Waals surface area contributed by atoms with Gasteiger partial charge in [0.2, 0.25) is 0 Å². The number of nitrogens with zero attached hydrogens (tertiary/aromatic N) is 4. The van der Waals surface area contributed by atoms with E-state index in [0.29, 0.717) is 90.2 Å². The second-order valence-electron chi connectivity index (χ2n) is 14.1. The molecule has 0 atom stereocenters. The highest BCUT2D eigenvalue weighted by Gasteiger charge is 2.42. The Balaban J connectivity index is 1.39. The molecule has 0 amide bonds. The summed E-state index contributed by atoms with van der Waals surface area (Å²) in [6, 6.07) is 45.5. The van der Waals surface area contributed by atoms with Gasteiger partial charge >= 0.3 is 22.2 Å². The first-order chi connectivity index (χ1) is 27.2. The fraction of sp³-hybridized carbons (Fsp3) is 0.0833. The molecule has 4 heterocycles. The van der Waals surface area contributed by atoms with Crippen LogP contribution in [0.4, 0.5) is 0 Å². The van der Waals surface area contributed by atoms with Crippen LogP contribution >= 0.6 is 0 Å². The van der Waals surface area contributed by atoms with E-state index in [2.05, 4.69) is 0 Å². The van der Waals surface area contributed by atoms with Crippen LogP contribution in [-0.2, 0) is 28.2 Å². The molecule has 0 bridgehead atoms. The van der Waals surface area contributed by atoms with E-state index in [-0.39, 0.29) is 22.2 Å². The number of aromatic nitrogens is 4. The van der Waals surface area contributed by atoms with Crippen molar-refractivity contribution < 1.29 is 0 Å². The van der Waals surface area contributed by atoms with Gasteiger partial charge in [0.15, 0.2) is 0 Å². The topological polar surface area (TPSA) is 88.0 Å². The average molecular weight is 733 g/mol. The lowest BCUT2D eigenvalue weighted by Crippen LogP contribution is -2.25. The Hall–Kier alpha value is -7.32. The highest BCUT2D eigenvalue weighted by atomic mass is 16.1. The maximum atomic E-state index is 14.5. The van der Waals surface area contributed by atoms with E-state index < -0.39 is 0 Å². The lowest BCUT2D eigenvalue weighted by Gasteiger charge is -2.15. The molecule has 4 aliphatic heterocycles. The molecule has 9 rings (SSSR count). The number of hydrogen-bond donors (Lipinski definition) is 0. The van der Waals surface area contributed by atoms with Gasteiger partial charge in [-0.25, -0.2) is 19.2 Å². The monoisotopic (exact) mass is 732 g/mol. The summed E-state index contributed by atoms with van der Waals surface area (Å²) >= 11 is 0. The normalized spacial score (nSPS) is 11.5. The van der Waals surface area contributed by atoms with Gasteiger partial charge in [-0.3, -0.25) is 18.3 Å². The summed E-state index contributed by atoms with van der Waals surface area (Å²) in [7, 11) is 6.95. The molecule has 56 heavy (non-hydrogen) atoms. The molecule has 0 fully saturated rings. The van der Waals surface area contributed by atoms with Gasteiger partial charge < -0.3 is 0 Å². The Morgan fingerprint density at radius 2 is 0.571 bits per heavy atom. The fourth-order valence-electron chi connectivity index (χ4n) is 8.36. The summed E-state index contributed by atoms with van der Waals surface area (Å²) in [5.74, 6) is 0.932. The Labute approximate surface area is 322 Å². The third kappa shape index (κ3) is 5.06. The summed E-state index contributed by atoms with van der Waals surface area (Å²) < 4.78 is 6.45. The van der Waals surface area contributed by atoms with Crippen LogP contribution in [0.15, 0.2) is 165 Å². The minimum atomic E-state index is -0.251. The molecule has 0 unspecified atom stereocenters. The third-order valence-electron chi connectivity index (χ3n) is 11.1. The van der Waals surface area contributed by atoms with Crippen LogP contribution in [0, 0.1) is 11.8 Å². The number of hydrogen-bond acceptors (Lipinski definition) is 4. The smallest absolute Gasteiger partial charge is 0.283 e. The molecule has 0 saturated heterocycles. The molecule has 1 aromatic carbocycles. The second kappa shape index (κ2) is 13.2. The van der Waals surface area contributed by atoms with Crippen LogP contribution in [-0.4, -0.2) is 18.3 Å². The van der Waals surface area contributed by atoms with Crippen molar-refractivity contribution in [1.82, 2.24) is 18.3 Å². The van der Waals surface area contributed by atoms with Crippen molar-refractivity contribution in [1.29, 1.82) is 0 Å². The second-order valence-corrected chi connectivity index (χ2v) is 14.1. The van der Waals surface area contributed by atoms with Gasteiger partial charge in [-0.05, 0) is 66.7 Å². The fourth-order valence-corrected chi connectivity index (χ4v) is 8.36. The molecular formula is C48H36N4O4+2. The molecule has 0 N–H and O–H groups in total. The van der Waals surface area contributed by atoms with Crippen molar-refractivity contribution in [3.8, 4) is 45.0 Å². The van der Waals surface area contributed by atoms with E-state index in [4.69, 9.17) is 0 Å². The van der Waals surface area contributed by atoms with Gasteiger partial charge in [0.05, 0.1) is 68.0 Å². The standard InChI is InChI=1S/C48H36N4O4/c1-49-35-24-13-5-9-20-31(35)41(45(49)53)39(42-32-21-10-6-14-25-36(32)50(2)46(42)54)29-18-17-19-30(28-29)40(43-33-22-11-7-15-26-37(33)51(3)47(43)55)44-34-23-12-8-16-27-38(34)52(4)48(44)56/h5-28H,1-4H3/q+2. The third-order valence-corrected chi connectivity index (χ3v) is 11.1. The van der Waals surface area contributed by atoms with E-state index >= 15 is 0 Å². The van der Waals surface area contributed by atoms with Crippen LogP contribution in [0.25, 0.3) is 45.0 Å². The van der Waals surface area contributed by atoms with Crippen LogP contribution in [0.3, 0.4) is 0 Å². The average Bonchev–Trinajstić information content (AvgIpc) is 3.54. The van der Waals surface area contributed by atoms with E-state index in [1.807, 2.05) is 146 Å². The van der Waals surface area contributed by atoms with Crippen molar-refractivity contribution >= 4 is 0 Å². The van der Waals surface area contributed by atoms with Gasteiger partial charge in [-0.2, -0.15) is 0 Å². The maximum absolute atomic E-state index is 14.5. The molecule has 1 aromatic rings. The zero-order valence-electron chi connectivity index (χ0n) is 31.3. The van der Waals surface area contributed by atoms with Crippen molar-refractivity contribution in [2.45, 2.75) is 0 Å². The first kappa shape index (κ1) is 34.4. The van der Waals surface area contributed by atoms with Gasteiger partial charge in [0, 0.05) is 34.3 Å². The molecule has 270 valence electrons. The van der Waals surface area contributed by atoms with Crippen LogP contribution in [0.5, 0.6) is 0 Å². The zero-order chi connectivity index (χ0) is 38.8. The molecule has 0 radical (unpaired) electrons. The SMILES string of the molecule is Cn1c2cccccc-2c([C+](c2cccc([C+](c3c4cccccc-4n(C)c3=O)c3c4cccccc-4n(C)c3=O)c2)c2c3cccccc-3n(C)c2=O)c1=O. The first-order valence-corrected chi connectivity index (χ1v) is 18.4. The number of fused-ring (bicyclic) bond motifs is 4. The Kier molecular flexibility index (Phi) is 8.13. The largest absolute Gasteiger partial charge is 0.307 e. The van der Waals surface area contributed by atoms with Crippen LogP contribution in [0.2, 0.25) is 0 Å². The predicted octanol–water partition coefficient (Wildman–Crippen LogP) is 6.94. The summed E-state index contributed by atoms with van der Waals surface area (Å²) in [6.45, 7) is 0. The van der Waals surface area contributed by atoms with Gasteiger partial charge in [-0.15, -0.1) is 0 Å². The Bertz CT molecular complexity index is 2700. The summed E-state index contributed by atoms with van der Waals surface area (Å²) in [4.78, 5) is 58.2. The van der Waals surface area contributed by atoms with E-state index in [1.165, 1.54) is 0 Å². The highest BCUT2D eigenvalue weighted by Crippen LogP contribution is 2.43. The van der Waals surface area contributed by atoms with Gasteiger partial charge in [-0.1, -0.05) is 72.8 Å². The molecule has 8 aliphatic rings. The summed E-state index contributed by atoms with van der Waals surface area (Å²) in [5, 5.41) is 0. The van der Waals surface area contributed by atoms with Crippen LogP contribution < -0.4 is 22.2 Å². The van der Waals surface area contributed by atoms with E-state index in [1.54, 1.807) is 46.5 Å². The summed E-state index contributed by atoms with van der Waals surface area (Å²) in [6.07, 6.45) is 0. The molecule has 0 aromatic heterocycles. The molecule has 8 heteroatoms. The Morgan fingerprint density at radius 3 is 0.839 bits per heavy atom. The van der Waals surface area contributed by atoms with E-state index in [0.717, 1.165) is 0 Å². The zero-order valence-corrected chi connectivity index (χ0v) is 31.3. The van der Waals surface area contributed by atoms with Crippen molar-refractivity contribution in [2.75, 3.05) is 0 Å². The lowest BCUT2D eigenvalue weighted by molar-refractivity contribution is 0.882.